The molecule has 0 aromatic carbocycles. The summed E-state index contributed by atoms with van der Waals surface area (Å²) in [5.74, 6) is 0. The van der Waals surface area contributed by atoms with Gasteiger partial charge < -0.3 is 0 Å². The molecule has 0 saturated carbocycles. The molecular formula is C26H28FeN6O2Si2. The van der Waals surface area contributed by atoms with Crippen LogP contribution in [0.25, 0.3) is 22.8 Å². The molecule has 8 nitrogen and oxygen atoms in total. The molecule has 0 aliphatic rings. The van der Waals surface area contributed by atoms with Gasteiger partial charge in [-0.15, -0.1) is 0 Å². The summed E-state index contributed by atoms with van der Waals surface area (Å²) in [6, 6.07) is 20.2. The van der Waals surface area contributed by atoms with E-state index in [2.05, 4.69) is 78.0 Å². The summed E-state index contributed by atoms with van der Waals surface area (Å²) in [6.07, 6.45) is 10.2. The Balaban J connectivity index is 0.000000210. The van der Waals surface area contributed by atoms with Gasteiger partial charge in [0.2, 0.25) is 0 Å². The molecule has 4 aromatic rings. The van der Waals surface area contributed by atoms with Crippen molar-refractivity contribution in [2.24, 2.45) is 0 Å². The number of nitriles is 2. The molecule has 0 fully saturated rings. The van der Waals surface area contributed by atoms with Crippen molar-refractivity contribution in [1.29, 1.82) is 10.5 Å². The van der Waals surface area contributed by atoms with Crippen molar-refractivity contribution in [3.05, 3.63) is 85.5 Å². The second-order valence-electron chi connectivity index (χ2n) is 8.08. The molecule has 0 saturated heterocycles. The van der Waals surface area contributed by atoms with Crippen LogP contribution in [0.1, 0.15) is 0 Å². The second kappa shape index (κ2) is 16.7. The zero-order chi connectivity index (χ0) is 26.9. The predicted octanol–water partition coefficient (Wildman–Crippen LogP) is 3.57. The summed E-state index contributed by atoms with van der Waals surface area (Å²) < 4.78 is 7.87. The Kier molecular flexibility index (Phi) is 13.3. The zero-order valence-corrected chi connectivity index (χ0v) is 24.5. The Morgan fingerprint density at radius 2 is 1.00 bits per heavy atom. The topological polar surface area (TPSA) is 118 Å². The van der Waals surface area contributed by atoms with Crippen LogP contribution in [0.5, 0.6) is 0 Å². The van der Waals surface area contributed by atoms with Crippen molar-refractivity contribution in [2.75, 3.05) is 0 Å². The molecule has 0 N–H and O–H groups in total. The van der Waals surface area contributed by atoms with Gasteiger partial charge in [-0.2, -0.15) is 0 Å². The number of rotatable bonds is 6. The molecule has 37 heavy (non-hydrogen) atoms. The molecule has 0 spiro atoms. The van der Waals surface area contributed by atoms with E-state index in [1.54, 1.807) is 12.4 Å². The summed E-state index contributed by atoms with van der Waals surface area (Å²) in [5, 5.41) is 18.1. The van der Waals surface area contributed by atoms with Crippen molar-refractivity contribution >= 4 is 28.0 Å². The van der Waals surface area contributed by atoms with Crippen LogP contribution in [0.3, 0.4) is 0 Å². The molecule has 190 valence electrons. The summed E-state index contributed by atoms with van der Waals surface area (Å²) in [7, 11) is -1.45. The molecule has 4 rings (SSSR count). The van der Waals surface area contributed by atoms with E-state index in [-0.39, 0.29) is 15.6 Å². The molecule has 0 bridgehead atoms. The zero-order valence-electron chi connectivity index (χ0n) is 21.1. The second-order valence-corrected chi connectivity index (χ2v) is 14.7. The van der Waals surface area contributed by atoms with Crippen molar-refractivity contribution in [3.63, 3.8) is 0 Å². The van der Waals surface area contributed by atoms with Crippen molar-refractivity contribution in [3.8, 4) is 35.3 Å². The predicted molar refractivity (Wildman–Crippen MR) is 145 cm³/mol. The van der Waals surface area contributed by atoms with E-state index in [0.29, 0.717) is 0 Å². The number of pyridine rings is 4. The number of nitrogens with zero attached hydrogens (tertiary/aromatic N) is 6. The molecule has 11 heteroatoms. The number of hydrogen-bond donors (Lipinski definition) is 0. The Morgan fingerprint density at radius 3 is 1.27 bits per heavy atom. The maximum atomic E-state index is 7.63. The third-order valence-corrected chi connectivity index (χ3v) is 8.62. The average molecular weight is 569 g/mol. The van der Waals surface area contributed by atoms with Crippen LogP contribution in [-0.4, -0.2) is 37.5 Å². The first kappa shape index (κ1) is 29.4. The molecule has 4 heterocycles. The van der Waals surface area contributed by atoms with Gasteiger partial charge in [0.25, 0.3) is 0 Å². The molecule has 0 aliphatic carbocycles. The minimum atomic E-state index is -0.726. The number of hydrogen-bond acceptors (Lipinski definition) is 8. The van der Waals surface area contributed by atoms with Crippen molar-refractivity contribution in [1.82, 2.24) is 19.9 Å². The molecule has 0 atom stereocenters. The summed E-state index contributed by atoms with van der Waals surface area (Å²) in [5.41, 5.74) is 3.78. The van der Waals surface area contributed by atoms with Gasteiger partial charge in [0.1, 0.15) is 0 Å². The van der Waals surface area contributed by atoms with Crippen LogP contribution in [-0.2, 0) is 23.3 Å². The van der Waals surface area contributed by atoms with Gasteiger partial charge in [-0.25, -0.2) is 0 Å². The molecular weight excluding hydrogens is 540 g/mol. The Morgan fingerprint density at radius 1 is 0.595 bits per heavy atom. The molecule has 0 amide bonds. The molecule has 0 unspecified atom stereocenters. The van der Waals surface area contributed by atoms with E-state index in [1.165, 1.54) is 22.9 Å². The fourth-order valence-corrected chi connectivity index (χ4v) is 4.70. The van der Waals surface area contributed by atoms with Crippen LogP contribution in [0, 0.1) is 23.0 Å². The first-order valence-electron chi connectivity index (χ1n) is 11.4. The van der Waals surface area contributed by atoms with E-state index in [4.69, 9.17) is 10.5 Å². The Hall–Kier alpha value is -3.87. The molecule has 0 aliphatic heterocycles. The van der Waals surface area contributed by atoms with E-state index < -0.39 is 17.6 Å². The maximum absolute atomic E-state index is 7.63. The summed E-state index contributed by atoms with van der Waals surface area (Å²) in [6.45, 7) is 9.21. The van der Waals surface area contributed by atoms with Crippen LogP contribution >= 0.6 is 0 Å². The van der Waals surface area contributed by atoms with Crippen LogP contribution in [0.15, 0.2) is 85.5 Å². The summed E-state index contributed by atoms with van der Waals surface area (Å²) in [4.78, 5) is 17.4. The van der Waals surface area contributed by atoms with Gasteiger partial charge in [-0.05, 0) is 46.8 Å². The van der Waals surface area contributed by atoms with Gasteiger partial charge in [0.05, 0.1) is 40.4 Å². The van der Waals surface area contributed by atoms with E-state index in [9.17, 15) is 0 Å². The first-order valence-corrected chi connectivity index (χ1v) is 18.1. The van der Waals surface area contributed by atoms with Crippen molar-refractivity contribution in [2.45, 2.75) is 26.2 Å². The van der Waals surface area contributed by atoms with Gasteiger partial charge >= 0.3 is 46.3 Å². The fraction of sp³-hybridized carbons (Fsp3) is 0.154. The third-order valence-electron chi connectivity index (χ3n) is 4.88. The standard InChI is InChI=1S/2C12H14N2Si.2CHNO.Fe/c2*1-15(2)10-6-7-12(14-9-10)11-5-3-4-8-13-11;2*2-1-3;/h2*3-9,15H,1-2H3;2*3H;/q;;;;+2/p-2. The van der Waals surface area contributed by atoms with Crippen LogP contribution < -0.4 is 10.4 Å². The molecule has 0 radical (unpaired) electrons. The monoisotopic (exact) mass is 568 g/mol. The van der Waals surface area contributed by atoms with Gasteiger partial charge in [-0.1, -0.05) is 50.5 Å². The third kappa shape index (κ3) is 10.7. The van der Waals surface area contributed by atoms with E-state index >= 15 is 0 Å². The average Bonchev–Trinajstić information content (AvgIpc) is 2.95. The van der Waals surface area contributed by atoms with E-state index in [0.717, 1.165) is 22.8 Å². The van der Waals surface area contributed by atoms with Crippen molar-refractivity contribution < 1.29 is 23.3 Å². The fourth-order valence-electron chi connectivity index (χ4n) is 2.87. The SMILES string of the molecule is C[SiH](C)c1ccc(-c2ccccn2)nc1.C[SiH](C)c1ccc(-c2ccccn2)nc1.N#C[O][Fe][O]C#N. The van der Waals surface area contributed by atoms with Crippen LogP contribution in [0.4, 0.5) is 0 Å². The first-order chi connectivity index (χ1) is 18.0. The Bertz CT molecular complexity index is 1160. The minimum absolute atomic E-state index is 0.285. The van der Waals surface area contributed by atoms with Crippen LogP contribution in [0.2, 0.25) is 26.2 Å². The van der Waals surface area contributed by atoms with Gasteiger partial charge in [0, 0.05) is 24.8 Å². The van der Waals surface area contributed by atoms with Gasteiger partial charge in [0.15, 0.2) is 0 Å². The Labute approximate surface area is 228 Å². The quantitative estimate of drug-likeness (QED) is 0.197. The molecule has 4 aromatic heterocycles. The van der Waals surface area contributed by atoms with Gasteiger partial charge in [-0.3, -0.25) is 19.9 Å². The van der Waals surface area contributed by atoms with E-state index in [1.807, 2.05) is 48.8 Å². The number of aromatic nitrogens is 4. The normalized spacial score (nSPS) is 9.73. The summed E-state index contributed by atoms with van der Waals surface area (Å²) >= 11 is -0.285.